The zero-order valence-electron chi connectivity index (χ0n) is 21.4. The molecule has 2 aromatic carbocycles. The summed E-state index contributed by atoms with van der Waals surface area (Å²) in [5.41, 5.74) is 0.530. The molecule has 2 aromatic rings. The second-order valence-corrected chi connectivity index (χ2v) is 11.2. The Labute approximate surface area is 222 Å². The fourth-order valence-corrected chi connectivity index (χ4v) is 6.41. The van der Waals surface area contributed by atoms with E-state index in [0.717, 1.165) is 19.3 Å². The molecule has 0 aliphatic carbocycles. The molecule has 10 nitrogen and oxygen atoms in total. The molecule has 0 radical (unpaired) electrons. The highest BCUT2D eigenvalue weighted by Crippen LogP contribution is 2.42. The molecule has 2 N–H and O–H groups in total. The fraction of sp³-hybridized carbons (Fsp3) is 0.407. The average molecular weight is 545 g/mol. The van der Waals surface area contributed by atoms with E-state index in [1.807, 2.05) is 0 Å². The monoisotopic (exact) mass is 544 g/mol. The van der Waals surface area contributed by atoms with Crippen LogP contribution in [0.3, 0.4) is 0 Å². The predicted octanol–water partition coefficient (Wildman–Crippen LogP) is 3.03. The molecule has 0 unspecified atom stereocenters. The lowest BCUT2D eigenvalue weighted by Crippen LogP contribution is -2.35. The van der Waals surface area contributed by atoms with Crippen LogP contribution in [0, 0.1) is 0 Å². The van der Waals surface area contributed by atoms with Crippen molar-refractivity contribution in [3.63, 3.8) is 0 Å². The van der Waals surface area contributed by atoms with Gasteiger partial charge in [0.25, 0.3) is 11.7 Å². The normalized spacial score (nSPS) is 20.2. The van der Waals surface area contributed by atoms with E-state index in [0.29, 0.717) is 31.7 Å². The lowest BCUT2D eigenvalue weighted by atomic mass is 9.95. The topological polar surface area (TPSA) is 134 Å². The molecule has 2 saturated heterocycles. The van der Waals surface area contributed by atoms with Gasteiger partial charge in [-0.2, -0.15) is 4.31 Å². The Bertz CT molecular complexity index is 1330. The molecule has 2 fully saturated rings. The molecule has 1 amide bonds. The van der Waals surface area contributed by atoms with E-state index in [9.17, 15) is 28.2 Å². The number of piperidine rings is 1. The summed E-state index contributed by atoms with van der Waals surface area (Å²) >= 11 is 0. The Kier molecular flexibility index (Phi) is 8.39. The number of phenolic OH excluding ortho intramolecular Hbond substituents is 1. The number of carbonyl (C=O) groups excluding carboxylic acids is 2. The molecule has 0 bridgehead atoms. The summed E-state index contributed by atoms with van der Waals surface area (Å²) in [5.74, 6) is -2.02. The van der Waals surface area contributed by atoms with E-state index >= 15 is 0 Å². The van der Waals surface area contributed by atoms with Gasteiger partial charge in [-0.15, -0.1) is 0 Å². The van der Waals surface area contributed by atoms with Crippen molar-refractivity contribution >= 4 is 27.5 Å². The standard InChI is InChI=1S/C27H32N2O8S/c1-36-16-6-15-29-24(19-9-12-21(30)22(17-19)37-2)23(26(32)27(29)33)25(31)18-7-10-20(11-8-18)38(34,35)28-13-4-3-5-14-28/h7-12,17,24,30-31H,3-6,13-16H2,1-2H3/b25-23+/t24-/m0/s1. The third-order valence-corrected chi connectivity index (χ3v) is 8.80. The van der Waals surface area contributed by atoms with Crippen LogP contribution in [0.2, 0.25) is 0 Å². The first-order valence-electron chi connectivity index (χ1n) is 12.5. The van der Waals surface area contributed by atoms with Crippen LogP contribution in [0.1, 0.15) is 42.9 Å². The van der Waals surface area contributed by atoms with E-state index in [-0.39, 0.29) is 34.1 Å². The second kappa shape index (κ2) is 11.5. The molecule has 38 heavy (non-hydrogen) atoms. The number of nitrogens with zero attached hydrogens (tertiary/aromatic N) is 2. The first kappa shape index (κ1) is 27.6. The van der Waals surface area contributed by atoms with Crippen LogP contribution in [0.5, 0.6) is 11.5 Å². The maximum atomic E-state index is 13.2. The Hall–Kier alpha value is -3.41. The number of methoxy groups -OCH3 is 2. The number of amides is 1. The molecule has 2 aliphatic rings. The van der Waals surface area contributed by atoms with Gasteiger partial charge in [0, 0.05) is 38.9 Å². The first-order valence-corrected chi connectivity index (χ1v) is 13.9. The van der Waals surface area contributed by atoms with E-state index in [2.05, 4.69) is 0 Å². The van der Waals surface area contributed by atoms with E-state index in [1.54, 1.807) is 6.07 Å². The van der Waals surface area contributed by atoms with Gasteiger partial charge in [0.15, 0.2) is 11.5 Å². The van der Waals surface area contributed by atoms with Crippen LogP contribution in [-0.4, -0.2) is 80.0 Å². The molecule has 2 heterocycles. The second-order valence-electron chi connectivity index (χ2n) is 9.26. The third-order valence-electron chi connectivity index (χ3n) is 6.89. The van der Waals surface area contributed by atoms with Gasteiger partial charge >= 0.3 is 0 Å². The summed E-state index contributed by atoms with van der Waals surface area (Å²) in [4.78, 5) is 27.7. The summed E-state index contributed by atoms with van der Waals surface area (Å²) in [6.07, 6.45) is 3.07. The molecule has 0 spiro atoms. The molecule has 0 saturated carbocycles. The van der Waals surface area contributed by atoms with Gasteiger partial charge in [-0.1, -0.05) is 12.5 Å². The Morgan fingerprint density at radius 3 is 2.34 bits per heavy atom. The van der Waals surface area contributed by atoms with E-state index < -0.39 is 33.5 Å². The van der Waals surface area contributed by atoms with Crippen molar-refractivity contribution < 1.29 is 37.7 Å². The third kappa shape index (κ3) is 5.27. The number of aliphatic hydroxyl groups is 1. The Balaban J connectivity index is 1.75. The number of carbonyl (C=O) groups is 2. The number of benzene rings is 2. The predicted molar refractivity (Wildman–Crippen MR) is 139 cm³/mol. The minimum absolute atomic E-state index is 0.0933. The molecule has 0 aromatic heterocycles. The molecule has 2 aliphatic heterocycles. The smallest absolute Gasteiger partial charge is 0.295 e. The number of aromatic hydroxyl groups is 1. The minimum atomic E-state index is -3.67. The molecular weight excluding hydrogens is 512 g/mol. The number of sulfonamides is 1. The van der Waals surface area contributed by atoms with Crippen LogP contribution < -0.4 is 4.74 Å². The van der Waals surface area contributed by atoms with Gasteiger partial charge in [0.2, 0.25) is 10.0 Å². The quantitative estimate of drug-likeness (QED) is 0.213. The molecular formula is C27H32N2O8S. The Morgan fingerprint density at radius 2 is 1.71 bits per heavy atom. The maximum absolute atomic E-state index is 13.2. The van der Waals surface area contributed by atoms with Crippen molar-refractivity contribution in [2.75, 3.05) is 40.5 Å². The number of Topliss-reactive ketones (excluding diaryl/α,β-unsaturated/α-hetero) is 1. The molecule has 1 atom stereocenters. The summed E-state index contributed by atoms with van der Waals surface area (Å²) in [6, 6.07) is 9.16. The van der Waals surface area contributed by atoms with Gasteiger partial charge in [-0.25, -0.2) is 8.42 Å². The number of aliphatic hydroxyl groups excluding tert-OH is 1. The van der Waals surface area contributed by atoms with Crippen LogP contribution in [0.4, 0.5) is 0 Å². The van der Waals surface area contributed by atoms with Gasteiger partial charge in [0.1, 0.15) is 5.76 Å². The highest BCUT2D eigenvalue weighted by molar-refractivity contribution is 7.89. The molecule has 11 heteroatoms. The summed E-state index contributed by atoms with van der Waals surface area (Å²) in [5, 5.41) is 21.3. The average Bonchev–Trinajstić information content (AvgIpc) is 3.18. The summed E-state index contributed by atoms with van der Waals surface area (Å²) < 4.78 is 37.8. The highest BCUT2D eigenvalue weighted by Gasteiger charge is 2.46. The van der Waals surface area contributed by atoms with Crippen molar-refractivity contribution in [3.05, 3.63) is 59.2 Å². The lowest BCUT2D eigenvalue weighted by molar-refractivity contribution is -0.140. The van der Waals surface area contributed by atoms with Crippen molar-refractivity contribution in [1.82, 2.24) is 9.21 Å². The van der Waals surface area contributed by atoms with E-state index in [1.165, 1.54) is 59.8 Å². The minimum Gasteiger partial charge on any atom is -0.507 e. The van der Waals surface area contributed by atoms with Crippen molar-refractivity contribution in [2.45, 2.75) is 36.6 Å². The maximum Gasteiger partial charge on any atom is 0.295 e. The molecule has 4 rings (SSSR count). The number of hydrogen-bond donors (Lipinski definition) is 2. The number of ketones is 1. The number of likely N-dealkylation sites (tertiary alicyclic amines) is 1. The number of hydrogen-bond acceptors (Lipinski definition) is 8. The zero-order chi connectivity index (χ0) is 27.4. The zero-order valence-corrected chi connectivity index (χ0v) is 22.2. The van der Waals surface area contributed by atoms with Crippen molar-refractivity contribution in [2.24, 2.45) is 0 Å². The largest absolute Gasteiger partial charge is 0.507 e. The SMILES string of the molecule is COCCCN1C(=O)C(=O)/C(=C(/O)c2ccc(S(=O)(=O)N3CCCCC3)cc2)[C@@H]1c1ccc(O)c(OC)c1. The first-order chi connectivity index (χ1) is 18.2. The number of phenols is 1. The van der Waals surface area contributed by atoms with Crippen molar-refractivity contribution in [3.8, 4) is 11.5 Å². The van der Waals surface area contributed by atoms with Crippen LogP contribution in [-0.2, 0) is 24.3 Å². The number of ether oxygens (including phenoxy) is 2. The van der Waals surface area contributed by atoms with Crippen LogP contribution >= 0.6 is 0 Å². The van der Waals surface area contributed by atoms with Gasteiger partial charge in [-0.3, -0.25) is 9.59 Å². The molecule has 204 valence electrons. The fourth-order valence-electron chi connectivity index (χ4n) is 4.90. The summed E-state index contributed by atoms with van der Waals surface area (Å²) in [7, 11) is -0.757. The lowest BCUT2D eigenvalue weighted by Gasteiger charge is -2.26. The van der Waals surface area contributed by atoms with E-state index in [4.69, 9.17) is 9.47 Å². The Morgan fingerprint density at radius 1 is 1.03 bits per heavy atom. The van der Waals surface area contributed by atoms with Crippen LogP contribution in [0.25, 0.3) is 5.76 Å². The highest BCUT2D eigenvalue weighted by atomic mass is 32.2. The van der Waals surface area contributed by atoms with Crippen molar-refractivity contribution in [1.29, 1.82) is 0 Å². The summed E-state index contributed by atoms with van der Waals surface area (Å²) in [6.45, 7) is 1.48. The van der Waals surface area contributed by atoms with Gasteiger partial charge in [-0.05, 0) is 61.2 Å². The van der Waals surface area contributed by atoms with Gasteiger partial charge < -0.3 is 24.6 Å². The van der Waals surface area contributed by atoms with Gasteiger partial charge in [0.05, 0.1) is 23.6 Å². The number of rotatable bonds is 9. The van der Waals surface area contributed by atoms with Crippen LogP contribution in [0.15, 0.2) is 52.9 Å².